The minimum atomic E-state index is -1.88. The second-order valence-electron chi connectivity index (χ2n) is 33.2. The number of amides is 18. The number of hydrogen-bond acceptors (Lipinski definition) is 22. The standard InChI is InChI=1S/C89H124N24O19S/c1-9-11-29-69-83(126)102-60(28-20-34-95-51(4)90)79(122)108-68(78(121)98-44-74(93)117)47-133-48-76(119)101-64(36-52-22-14-13-15-23-52)86(129)110(6)50(3)77(120)105-66(40-73(92)116)88(131)113-35-21-31-70(113)84(127)104-63(39-55-43-94-49-99-55)81(124)103-61(32-33-72(91)115)85(128)109(5)45-75(118)100-62(37-53-41-96-58-26-18-16-24-56(53)58)80(123)107-67(46-114)82(125)106-65(38-54-42-97-59-27-19-17-25-57(54)59)87(130)112(8)71(30-12-10-2)89(132)111(69)7/h13-19,22-27,41-43,49-50,60-71,96-97,114H,9-12,20-21,28-40,44-48H2,1-8H3,(H2,90,95)(H2,91,115)(H2,92,116)(H2,93,117)(H,94,99)(H,98,121)(H,100,118)(H,101,119)(H,102,126)(H,103,124)(H,104,127)(H,105,120)(H,106,125)(H,107,123)(H,108,122). The van der Waals surface area contributed by atoms with Crippen LogP contribution in [0.2, 0.25) is 0 Å². The van der Waals surface area contributed by atoms with Gasteiger partial charge in [0.1, 0.15) is 78.5 Å². The summed E-state index contributed by atoms with van der Waals surface area (Å²) < 4.78 is 0. The zero-order chi connectivity index (χ0) is 97.3. The average Bonchev–Trinajstić information content (AvgIpc) is 1.52. The Morgan fingerprint density at radius 1 is 0.519 bits per heavy atom. The van der Waals surface area contributed by atoms with E-state index in [1.807, 2.05) is 13.8 Å². The van der Waals surface area contributed by atoms with Crippen LogP contribution in [0.4, 0.5) is 0 Å². The van der Waals surface area contributed by atoms with Crippen molar-refractivity contribution in [2.75, 3.05) is 72.5 Å². The summed E-state index contributed by atoms with van der Waals surface area (Å²) in [5.41, 5.74) is 19.8. The maximum Gasteiger partial charge on any atom is 0.246 e. The molecule has 44 heteroatoms. The first kappa shape index (κ1) is 105. The van der Waals surface area contributed by atoms with Crippen molar-refractivity contribution in [3.05, 3.63) is 126 Å². The molecule has 0 bridgehead atoms. The molecule has 0 aliphatic carbocycles. The number of nitrogens with two attached hydrogens (primary N) is 3. The molecule has 3 aromatic heterocycles. The number of carbonyl (C=O) groups is 18. The van der Waals surface area contributed by atoms with Gasteiger partial charge in [-0.05, 0) is 87.6 Å². The quantitative estimate of drug-likeness (QED) is 0.0141. The summed E-state index contributed by atoms with van der Waals surface area (Å²) in [5, 5.41) is 49.4. The number of carbonyl (C=O) groups excluding carboxylic acids is 18. The number of aromatic nitrogens is 4. The molecule has 0 spiro atoms. The third kappa shape index (κ3) is 30.6. The molecule has 8 rings (SSSR count). The summed E-state index contributed by atoms with van der Waals surface area (Å²) in [6, 6.07) is 2.15. The van der Waals surface area contributed by atoms with Gasteiger partial charge in [-0.1, -0.05) is 106 Å². The number of unbranched alkanes of at least 4 members (excludes halogenated alkanes) is 2. The Labute approximate surface area is 773 Å². The van der Waals surface area contributed by atoms with Crippen LogP contribution in [0.3, 0.4) is 0 Å². The van der Waals surface area contributed by atoms with E-state index in [1.54, 1.807) is 91.3 Å². The van der Waals surface area contributed by atoms with Crippen LogP contribution in [0.1, 0.15) is 134 Å². The molecule has 6 aromatic rings. The first-order chi connectivity index (χ1) is 63.4. The molecule has 2 saturated heterocycles. The largest absolute Gasteiger partial charge is 0.394 e. The number of likely N-dealkylation sites (N-methyl/N-ethyl adjacent to an activating group) is 4. The Hall–Kier alpha value is -13.8. The highest BCUT2D eigenvalue weighted by molar-refractivity contribution is 8.00. The number of imidazole rings is 1. The van der Waals surface area contributed by atoms with Gasteiger partial charge in [0, 0.05) is 125 Å². The van der Waals surface area contributed by atoms with Gasteiger partial charge in [-0.15, -0.1) is 11.8 Å². The van der Waals surface area contributed by atoms with E-state index in [0.717, 1.165) is 36.3 Å². The number of fused-ring (bicyclic) bond motifs is 3. The number of thioether (sulfide) groups is 1. The molecule has 22 N–H and O–H groups in total. The highest BCUT2D eigenvalue weighted by Gasteiger charge is 2.44. The number of para-hydroxylation sites is 2. The van der Waals surface area contributed by atoms with E-state index in [1.165, 1.54) is 54.6 Å². The van der Waals surface area contributed by atoms with Crippen molar-refractivity contribution in [2.24, 2.45) is 17.2 Å². The van der Waals surface area contributed by atoms with E-state index >= 15 is 24.0 Å². The Bertz CT molecular complexity index is 5130. The van der Waals surface area contributed by atoms with Crippen LogP contribution in [-0.4, -0.2) is 313 Å². The number of nitrogens with zero attached hydrogens (tertiary/aromatic N) is 6. The molecular formula is C89H124N24O19S. The molecule has 720 valence electrons. The van der Waals surface area contributed by atoms with Gasteiger partial charge in [-0.2, -0.15) is 0 Å². The van der Waals surface area contributed by atoms with E-state index in [9.17, 15) is 67.4 Å². The van der Waals surface area contributed by atoms with Crippen molar-refractivity contribution in [1.29, 1.82) is 5.41 Å². The number of H-pyrrole nitrogens is 3. The molecule has 43 nitrogen and oxygen atoms in total. The minimum Gasteiger partial charge on any atom is -0.394 e. The molecule has 13 atom stereocenters. The van der Waals surface area contributed by atoms with E-state index in [-0.39, 0.29) is 88.8 Å². The number of hydrogen-bond donors (Lipinski definition) is 19. The SMILES string of the molecule is CCCCC1C(=O)N(C)C(CCCC)C(=O)NC(CCCNC(C)=N)C(=O)NC(C(=O)NCC(N)=O)CSCC(=O)NC(Cc2ccccc2)C(=O)N(C)C(C)C(=O)NC(CC(N)=O)C(=O)N2CCCC2C(=O)NC(Cc2cnc[nH]2)C(=O)NC(CCC(N)=O)C(=O)N(C)CC(=O)NC(Cc2c[nH]c3ccccc23)C(=O)NC(CO)C(=O)NC(Cc2c[nH]c3ccccc23)C(=O)N1C. The van der Waals surface area contributed by atoms with E-state index in [2.05, 4.69) is 78.4 Å². The van der Waals surface area contributed by atoms with Crippen molar-refractivity contribution in [2.45, 2.75) is 215 Å². The highest BCUT2D eigenvalue weighted by atomic mass is 32.2. The number of aromatic amines is 3. The van der Waals surface area contributed by atoms with Crippen molar-refractivity contribution in [3.8, 4) is 0 Å². The van der Waals surface area contributed by atoms with Gasteiger partial charge < -0.3 is 120 Å². The third-order valence-corrected chi connectivity index (χ3v) is 24.2. The number of primary amides is 3. The first-order valence-corrected chi connectivity index (χ1v) is 45.4. The van der Waals surface area contributed by atoms with Crippen LogP contribution in [0.25, 0.3) is 21.8 Å². The Kier molecular flexibility index (Phi) is 40.2. The van der Waals surface area contributed by atoms with Crippen LogP contribution in [0.15, 0.2) is 104 Å². The number of amidine groups is 1. The molecule has 133 heavy (non-hydrogen) atoms. The van der Waals surface area contributed by atoms with Gasteiger partial charge in [-0.25, -0.2) is 4.98 Å². The van der Waals surface area contributed by atoms with Crippen molar-refractivity contribution in [3.63, 3.8) is 0 Å². The second-order valence-corrected chi connectivity index (χ2v) is 34.3. The number of rotatable bonds is 27. The third-order valence-electron chi connectivity index (χ3n) is 23.2. The van der Waals surface area contributed by atoms with Crippen LogP contribution in [-0.2, 0) is 112 Å². The maximum absolute atomic E-state index is 15.7. The highest BCUT2D eigenvalue weighted by Crippen LogP contribution is 2.26. The fraction of sp³-hybridized carbons (Fsp3) is 0.506. The van der Waals surface area contributed by atoms with Gasteiger partial charge in [-0.3, -0.25) is 91.7 Å². The summed E-state index contributed by atoms with van der Waals surface area (Å²) in [6.45, 7) is 3.79. The van der Waals surface area contributed by atoms with E-state index in [0.29, 0.717) is 64.2 Å². The summed E-state index contributed by atoms with van der Waals surface area (Å²) in [5.74, 6) is -17.9. The Balaban J connectivity index is 1.18. The lowest BCUT2D eigenvalue weighted by Crippen LogP contribution is -2.61. The average molecular weight is 1870 g/mol. The molecule has 0 radical (unpaired) electrons. The van der Waals surface area contributed by atoms with E-state index in [4.69, 9.17) is 22.6 Å². The van der Waals surface area contributed by atoms with Gasteiger partial charge in [0.2, 0.25) is 106 Å². The molecular weight excluding hydrogens is 1740 g/mol. The predicted molar refractivity (Wildman–Crippen MR) is 490 cm³/mol. The molecule has 5 heterocycles. The first-order valence-electron chi connectivity index (χ1n) is 44.2. The molecule has 13 unspecified atom stereocenters. The smallest absolute Gasteiger partial charge is 0.246 e. The monoisotopic (exact) mass is 1860 g/mol. The number of aliphatic hydroxyl groups is 1. The van der Waals surface area contributed by atoms with Gasteiger partial charge >= 0.3 is 0 Å². The number of nitrogens with one attached hydrogen (secondary N) is 15. The lowest BCUT2D eigenvalue weighted by molar-refractivity contribution is -0.149. The summed E-state index contributed by atoms with van der Waals surface area (Å²) in [4.78, 5) is 279. The van der Waals surface area contributed by atoms with Crippen LogP contribution < -0.4 is 75.7 Å². The predicted octanol–water partition coefficient (Wildman–Crippen LogP) is -2.81. The molecule has 2 aliphatic rings. The molecule has 0 saturated carbocycles. The summed E-state index contributed by atoms with van der Waals surface area (Å²) in [7, 11) is 5.13. The second kappa shape index (κ2) is 51.1. The Morgan fingerprint density at radius 2 is 1.06 bits per heavy atom. The van der Waals surface area contributed by atoms with Crippen molar-refractivity contribution in [1.82, 2.24) is 103 Å². The van der Waals surface area contributed by atoms with Gasteiger partial charge in [0.25, 0.3) is 0 Å². The molecule has 2 fully saturated rings. The van der Waals surface area contributed by atoms with Crippen LogP contribution >= 0.6 is 11.8 Å². The maximum atomic E-state index is 15.7. The van der Waals surface area contributed by atoms with Gasteiger partial charge in [0.15, 0.2) is 0 Å². The fourth-order valence-corrected chi connectivity index (χ4v) is 16.6. The number of benzene rings is 3. The Morgan fingerprint density at radius 3 is 1.66 bits per heavy atom. The van der Waals surface area contributed by atoms with Gasteiger partial charge in [0.05, 0.1) is 44.0 Å². The zero-order valence-electron chi connectivity index (χ0n) is 75.9. The van der Waals surface area contributed by atoms with Crippen molar-refractivity contribution >= 4 is 146 Å². The zero-order valence-corrected chi connectivity index (χ0v) is 76.7. The number of aliphatic hydroxyl groups excluding tert-OH is 1. The topological polar surface area (TPSA) is 638 Å². The molecule has 2 aliphatic heterocycles. The van der Waals surface area contributed by atoms with E-state index < -0.39 is 235 Å². The normalized spacial score (nSPS) is 23.3. The summed E-state index contributed by atoms with van der Waals surface area (Å²) >= 11 is 0.797. The lowest BCUT2D eigenvalue weighted by Gasteiger charge is -2.36. The van der Waals surface area contributed by atoms with Crippen LogP contribution in [0.5, 0.6) is 0 Å². The molecule has 3 aromatic carbocycles. The van der Waals surface area contributed by atoms with Crippen molar-refractivity contribution < 1.29 is 91.4 Å². The minimum absolute atomic E-state index is 0.000470. The summed E-state index contributed by atoms with van der Waals surface area (Å²) in [6.07, 6.45) is 4.73. The van der Waals surface area contributed by atoms with Crippen LogP contribution in [0, 0.1) is 5.41 Å². The molecule has 18 amide bonds. The lowest BCUT2D eigenvalue weighted by atomic mass is 10.00. The fourth-order valence-electron chi connectivity index (χ4n) is 15.7.